The summed E-state index contributed by atoms with van der Waals surface area (Å²) < 4.78 is 15.3. The lowest BCUT2D eigenvalue weighted by Gasteiger charge is -2.31. The maximum atomic E-state index is 13.4. The fraction of sp³-hybridized carbons (Fsp3) is 0.400. The Kier molecular flexibility index (Phi) is 5.07. The van der Waals surface area contributed by atoms with Crippen LogP contribution in [0.4, 0.5) is 4.39 Å². The van der Waals surface area contributed by atoms with Crippen molar-refractivity contribution in [2.24, 2.45) is 22.5 Å². The van der Waals surface area contributed by atoms with Gasteiger partial charge in [0.05, 0.1) is 17.6 Å². The molecule has 3 N–H and O–H groups in total. The van der Waals surface area contributed by atoms with Crippen LogP contribution in [0.2, 0.25) is 0 Å². The Hall–Kier alpha value is -3.25. The maximum absolute atomic E-state index is 13.4. The highest BCUT2D eigenvalue weighted by atomic mass is 19.1. The SMILES string of the molecule is CC(C)C(O)(C(N)=O)c1ccccc1CC[C@]12CCC3=Cc4c(cnn4-c4ccc(F)cc4)C[C@@]31C2. The Bertz CT molecular complexity index is 1390. The molecule has 36 heavy (non-hydrogen) atoms. The number of rotatable bonds is 7. The third-order valence-electron chi connectivity index (χ3n) is 9.29. The number of carbonyl (C=O) groups is 1. The van der Waals surface area contributed by atoms with Gasteiger partial charge in [0, 0.05) is 5.41 Å². The number of allylic oxidation sites excluding steroid dienone is 1. The third-order valence-corrected chi connectivity index (χ3v) is 9.29. The predicted octanol–water partition coefficient (Wildman–Crippen LogP) is 5.08. The molecule has 3 aromatic rings. The van der Waals surface area contributed by atoms with Gasteiger partial charge in [0.1, 0.15) is 5.82 Å². The molecule has 5 nitrogen and oxygen atoms in total. The molecule has 3 aliphatic rings. The van der Waals surface area contributed by atoms with Gasteiger partial charge in [-0.15, -0.1) is 0 Å². The van der Waals surface area contributed by atoms with Crippen LogP contribution in [0.5, 0.6) is 0 Å². The number of benzene rings is 2. The van der Waals surface area contributed by atoms with E-state index in [2.05, 4.69) is 11.2 Å². The fourth-order valence-electron chi connectivity index (χ4n) is 7.13. The largest absolute Gasteiger partial charge is 0.375 e. The van der Waals surface area contributed by atoms with Gasteiger partial charge >= 0.3 is 0 Å². The minimum atomic E-state index is -1.68. The van der Waals surface area contributed by atoms with E-state index in [1.807, 2.05) is 49.0 Å². The summed E-state index contributed by atoms with van der Waals surface area (Å²) >= 11 is 0. The fourth-order valence-corrected chi connectivity index (χ4v) is 7.13. The Morgan fingerprint density at radius 2 is 1.97 bits per heavy atom. The van der Waals surface area contributed by atoms with E-state index in [0.29, 0.717) is 5.56 Å². The van der Waals surface area contributed by atoms with Gasteiger partial charge < -0.3 is 10.8 Å². The number of aliphatic hydroxyl groups is 1. The molecule has 2 aromatic carbocycles. The summed E-state index contributed by atoms with van der Waals surface area (Å²) in [5.74, 6) is -1.27. The van der Waals surface area contributed by atoms with Crippen LogP contribution >= 0.6 is 0 Å². The minimum absolute atomic E-state index is 0.184. The van der Waals surface area contributed by atoms with Gasteiger partial charge in [-0.3, -0.25) is 4.79 Å². The molecular weight excluding hydrogens is 453 g/mol. The Morgan fingerprint density at radius 1 is 1.22 bits per heavy atom. The van der Waals surface area contributed by atoms with Crippen LogP contribution < -0.4 is 5.73 Å². The summed E-state index contributed by atoms with van der Waals surface area (Å²) in [6.45, 7) is 3.66. The van der Waals surface area contributed by atoms with E-state index in [0.717, 1.165) is 49.0 Å². The smallest absolute Gasteiger partial charge is 0.254 e. The molecule has 1 aromatic heterocycles. The number of halogens is 1. The van der Waals surface area contributed by atoms with Gasteiger partial charge in [-0.2, -0.15) is 5.10 Å². The van der Waals surface area contributed by atoms with Crippen LogP contribution in [-0.2, 0) is 23.2 Å². The van der Waals surface area contributed by atoms with Crippen molar-refractivity contribution >= 4 is 12.0 Å². The number of aromatic nitrogens is 2. The number of fused-ring (bicyclic) bond motifs is 1. The van der Waals surface area contributed by atoms with Crippen LogP contribution in [0, 0.1) is 22.6 Å². The number of nitrogens with two attached hydrogens (primary N) is 1. The van der Waals surface area contributed by atoms with Crippen LogP contribution in [0.25, 0.3) is 11.8 Å². The molecule has 2 fully saturated rings. The van der Waals surface area contributed by atoms with Gasteiger partial charge in [0.15, 0.2) is 5.60 Å². The Labute approximate surface area is 210 Å². The van der Waals surface area contributed by atoms with E-state index < -0.39 is 11.5 Å². The molecule has 0 radical (unpaired) electrons. The molecule has 1 spiro atoms. The number of carbonyl (C=O) groups excluding carboxylic acids is 1. The van der Waals surface area contributed by atoms with Gasteiger partial charge in [-0.1, -0.05) is 43.7 Å². The monoisotopic (exact) mass is 485 g/mol. The van der Waals surface area contributed by atoms with Gasteiger partial charge in [0.25, 0.3) is 5.91 Å². The molecule has 3 atom stereocenters. The van der Waals surface area contributed by atoms with E-state index in [9.17, 15) is 14.3 Å². The second-order valence-electron chi connectivity index (χ2n) is 11.3. The second-order valence-corrected chi connectivity index (χ2v) is 11.3. The van der Waals surface area contributed by atoms with Crippen LogP contribution in [0.1, 0.15) is 61.9 Å². The third kappa shape index (κ3) is 3.16. The standard InChI is InChI=1S/C30H32FN3O2/c1-19(2)30(36,27(32)35)25-6-4-3-5-20(25)11-13-28-14-12-22-15-26-21(16-29(22,28)18-28)17-33-34(26)24-9-7-23(31)8-10-24/h3-10,15,17,19,36H,11-14,16,18H2,1-2H3,(H2,32,35)/t28-,29-,30?/m1/s1. The average Bonchev–Trinajstić information content (AvgIpc) is 3.13. The number of primary amides is 1. The predicted molar refractivity (Wildman–Crippen MR) is 137 cm³/mol. The van der Waals surface area contributed by atoms with Crippen LogP contribution in [0.15, 0.2) is 60.3 Å². The first kappa shape index (κ1) is 23.2. The first-order valence-corrected chi connectivity index (χ1v) is 12.8. The lowest BCUT2D eigenvalue weighted by Crippen LogP contribution is -2.46. The minimum Gasteiger partial charge on any atom is -0.375 e. The Balaban J connectivity index is 1.26. The van der Waals surface area contributed by atoms with E-state index in [-0.39, 0.29) is 22.6 Å². The molecule has 0 saturated heterocycles. The first-order chi connectivity index (χ1) is 17.2. The van der Waals surface area contributed by atoms with E-state index in [1.54, 1.807) is 12.1 Å². The summed E-state index contributed by atoms with van der Waals surface area (Å²) in [6.07, 6.45) is 10.5. The van der Waals surface area contributed by atoms with E-state index in [1.165, 1.54) is 29.7 Å². The van der Waals surface area contributed by atoms with E-state index in [4.69, 9.17) is 5.73 Å². The normalized spacial score (nSPS) is 25.5. The van der Waals surface area contributed by atoms with Crippen molar-refractivity contribution in [3.8, 4) is 5.69 Å². The molecule has 3 aliphatic carbocycles. The molecule has 186 valence electrons. The molecule has 6 rings (SSSR count). The first-order valence-electron chi connectivity index (χ1n) is 12.8. The van der Waals surface area contributed by atoms with Gasteiger partial charge in [0.2, 0.25) is 0 Å². The molecule has 6 heteroatoms. The quantitative estimate of drug-likeness (QED) is 0.490. The molecule has 1 heterocycles. The molecule has 1 unspecified atom stereocenters. The maximum Gasteiger partial charge on any atom is 0.254 e. The Morgan fingerprint density at radius 3 is 2.69 bits per heavy atom. The number of hydrogen-bond acceptors (Lipinski definition) is 3. The van der Waals surface area contributed by atoms with Crippen LogP contribution in [0.3, 0.4) is 0 Å². The lowest BCUT2D eigenvalue weighted by atomic mass is 9.77. The van der Waals surface area contributed by atoms with Crippen LogP contribution in [-0.4, -0.2) is 20.8 Å². The zero-order chi connectivity index (χ0) is 25.3. The number of aryl methyl sites for hydroxylation is 1. The number of nitrogens with zero attached hydrogens (tertiary/aromatic N) is 2. The highest BCUT2D eigenvalue weighted by molar-refractivity contribution is 5.85. The van der Waals surface area contributed by atoms with Crippen molar-refractivity contribution in [2.45, 2.75) is 58.0 Å². The summed E-state index contributed by atoms with van der Waals surface area (Å²) in [7, 11) is 0. The van der Waals surface area contributed by atoms with E-state index >= 15 is 0 Å². The topological polar surface area (TPSA) is 81.1 Å². The highest BCUT2D eigenvalue weighted by Gasteiger charge is 2.71. The second kappa shape index (κ2) is 7.87. The van der Waals surface area contributed by atoms with Crippen molar-refractivity contribution in [3.05, 3.63) is 88.5 Å². The zero-order valence-corrected chi connectivity index (χ0v) is 20.8. The van der Waals surface area contributed by atoms with Crippen molar-refractivity contribution in [3.63, 3.8) is 0 Å². The highest BCUT2D eigenvalue weighted by Crippen LogP contribution is 2.79. The number of hydrogen-bond donors (Lipinski definition) is 2. The molecule has 0 aliphatic heterocycles. The van der Waals surface area contributed by atoms with Crippen molar-refractivity contribution in [1.82, 2.24) is 9.78 Å². The van der Waals surface area contributed by atoms with Crippen molar-refractivity contribution < 1.29 is 14.3 Å². The zero-order valence-electron chi connectivity index (χ0n) is 20.8. The molecule has 2 saturated carbocycles. The number of amides is 1. The summed E-state index contributed by atoms with van der Waals surface area (Å²) in [4.78, 5) is 12.3. The average molecular weight is 486 g/mol. The van der Waals surface area contributed by atoms with Crippen molar-refractivity contribution in [2.75, 3.05) is 0 Å². The van der Waals surface area contributed by atoms with Gasteiger partial charge in [-0.25, -0.2) is 9.07 Å². The summed E-state index contributed by atoms with van der Waals surface area (Å²) in [5.41, 5.74) is 10.8. The van der Waals surface area contributed by atoms with Crippen molar-refractivity contribution in [1.29, 1.82) is 0 Å². The lowest BCUT2D eigenvalue weighted by molar-refractivity contribution is -0.142. The molecule has 1 amide bonds. The van der Waals surface area contributed by atoms with Gasteiger partial charge in [-0.05, 0) is 96.9 Å². The summed E-state index contributed by atoms with van der Waals surface area (Å²) in [5, 5.41) is 15.9. The molecule has 0 bridgehead atoms. The molecular formula is C30H32FN3O2. The summed E-state index contributed by atoms with van der Waals surface area (Å²) in [6, 6.07) is 14.2.